The summed E-state index contributed by atoms with van der Waals surface area (Å²) in [7, 11) is -6.46. The molecule has 4 aliphatic heterocycles. The molecule has 2 aromatic carbocycles. The Balaban J connectivity index is 1.39. The van der Waals surface area contributed by atoms with Gasteiger partial charge in [-0.25, -0.2) is 47.0 Å². The van der Waals surface area contributed by atoms with Gasteiger partial charge in [-0.1, -0.05) is 36.4 Å². The van der Waals surface area contributed by atoms with Gasteiger partial charge in [0.2, 0.25) is 33.3 Å². The number of ether oxygens (including phenoxy) is 2. The van der Waals surface area contributed by atoms with Gasteiger partial charge in [0.1, 0.15) is 58.4 Å². The molecule has 64 heavy (non-hydrogen) atoms. The maximum absolute atomic E-state index is 15.0. The van der Waals surface area contributed by atoms with E-state index in [0.717, 1.165) is 0 Å². The van der Waals surface area contributed by atoms with Gasteiger partial charge in [-0.3, -0.25) is 0 Å². The van der Waals surface area contributed by atoms with E-state index in [0.29, 0.717) is 34.4 Å². The molecular weight excluding hydrogens is 885 g/mol. The van der Waals surface area contributed by atoms with Crippen LogP contribution >= 0.6 is 0 Å². The summed E-state index contributed by atoms with van der Waals surface area (Å²) in [6.07, 6.45) is 0.485. The van der Waals surface area contributed by atoms with Crippen molar-refractivity contribution >= 4 is 33.3 Å². The fraction of sp³-hybridized carbons (Fsp3) is 0.545. The molecule has 20 heteroatoms. The Bertz CT molecular complexity index is 2450. The largest absolute Gasteiger partial charge is 0.543 e. The van der Waals surface area contributed by atoms with Crippen molar-refractivity contribution in [2.24, 2.45) is 0 Å². The number of allylic oxidation sites excluding steroid dienone is 4. The van der Waals surface area contributed by atoms with Crippen molar-refractivity contribution in [3.8, 4) is 11.4 Å². The molecule has 0 N–H and O–H groups in total. The molecule has 4 bridgehead atoms. The van der Waals surface area contributed by atoms with Gasteiger partial charge in [-0.2, -0.15) is 0 Å². The number of rotatable bonds is 13. The third kappa shape index (κ3) is 7.66. The monoisotopic (exact) mass is 948 g/mol. The topological polar surface area (TPSA) is 153 Å². The molecule has 0 amide bonds. The van der Waals surface area contributed by atoms with E-state index in [4.69, 9.17) is 27.2 Å². The Morgan fingerprint density at radius 3 is 0.812 bits per heavy atom. The van der Waals surface area contributed by atoms with Gasteiger partial charge in [0.05, 0.1) is 11.4 Å². The van der Waals surface area contributed by atoms with Crippen molar-refractivity contribution in [3.63, 3.8) is 0 Å². The highest BCUT2D eigenvalue weighted by Crippen LogP contribution is 2.60. The first-order chi connectivity index (χ1) is 29.7. The molecule has 2 aromatic heterocycles. The molecule has 6 heterocycles. The number of benzene rings is 2. The molecule has 4 atom stereocenters. The minimum Gasteiger partial charge on any atom is -0.543 e. The van der Waals surface area contributed by atoms with Crippen LogP contribution in [0.1, 0.15) is 49.9 Å². The lowest BCUT2D eigenvalue weighted by Crippen LogP contribution is -2.59. The van der Waals surface area contributed by atoms with Crippen LogP contribution in [0.15, 0.2) is 103 Å². The molecule has 0 saturated heterocycles. The summed E-state index contributed by atoms with van der Waals surface area (Å²) in [6, 6.07) is 14.3. The van der Waals surface area contributed by atoms with Gasteiger partial charge in [-0.05, 0) is 103 Å². The highest BCUT2D eigenvalue weighted by molar-refractivity contribution is 6.71. The highest BCUT2D eigenvalue weighted by Gasteiger charge is 2.65. The Kier molecular flexibility index (Phi) is 11.1. The van der Waals surface area contributed by atoms with Crippen LogP contribution in [0.3, 0.4) is 0 Å². The lowest BCUT2D eigenvalue weighted by atomic mass is 9.70. The molecule has 0 radical (unpaired) electrons. The molecule has 10 rings (SSSR count). The van der Waals surface area contributed by atoms with Crippen LogP contribution in [0.25, 0.3) is 11.4 Å². The number of para-hydroxylation sites is 2. The van der Waals surface area contributed by atoms with Crippen LogP contribution < -0.4 is 22.8 Å². The summed E-state index contributed by atoms with van der Waals surface area (Å²) in [6.45, 7) is 25.0. The highest BCUT2D eigenvalue weighted by atomic mass is 28.4. The Morgan fingerprint density at radius 1 is 0.406 bits per heavy atom. The molecule has 4 aromatic rings. The molecule has 346 valence electrons. The number of hydrogen-bond donors (Lipinski definition) is 0. The van der Waals surface area contributed by atoms with Crippen molar-refractivity contribution in [3.05, 3.63) is 126 Å². The average Bonchev–Trinajstić information content (AvgIpc) is 3.36. The molecule has 4 unspecified atom stereocenters. The van der Waals surface area contributed by atoms with E-state index < -0.39 is 91.4 Å². The first-order valence-corrected chi connectivity index (χ1v) is 35.7. The maximum Gasteiger partial charge on any atom is 0.352 e. The van der Waals surface area contributed by atoms with Gasteiger partial charge in [0, 0.05) is 39.9 Å². The Hall–Kier alpha value is -4.61. The van der Waals surface area contributed by atoms with Crippen LogP contribution in [0, 0.1) is 0 Å². The van der Waals surface area contributed by atoms with Gasteiger partial charge in [0.15, 0.2) is 0 Å². The normalized spacial score (nSPS) is 25.8. The van der Waals surface area contributed by atoms with E-state index in [1.807, 2.05) is 12.1 Å². The van der Waals surface area contributed by atoms with E-state index in [2.05, 4.69) is 78.6 Å². The average molecular weight is 949 g/mol. The number of nitrogens with zero attached hydrogens (tertiary/aromatic N) is 6. The summed E-state index contributed by atoms with van der Waals surface area (Å²) < 4.78 is 50.7. The van der Waals surface area contributed by atoms with E-state index in [9.17, 15) is 19.2 Å². The van der Waals surface area contributed by atoms with Gasteiger partial charge < -0.3 is 27.2 Å². The standard InChI is InChI=1S/C44H64N6O10Si4/c1-55-43(25-31-35(57-61(3,4)5)36(58-62(6,7)8)32(26-43)48-40(52)45(39(51)47(31)48)29-21-17-15-18-22-29)44(56-2)27-33-37(59-63(9,10)11)38(60-64(12,13)14)34(28-44)50-42(54)46(41(53)49(33)50)30-23-19-16-20-24-30/h15-24,31-34H,25-28H2,1-14H3. The van der Waals surface area contributed by atoms with Crippen molar-refractivity contribution in [1.82, 2.24) is 27.9 Å². The summed E-state index contributed by atoms with van der Waals surface area (Å²) in [5, 5.41) is 0. The molecule has 6 aliphatic rings. The van der Waals surface area contributed by atoms with Gasteiger partial charge >= 0.3 is 22.8 Å². The van der Waals surface area contributed by atoms with Crippen molar-refractivity contribution in [2.75, 3.05) is 14.2 Å². The fourth-order valence-corrected chi connectivity index (χ4v) is 13.7. The number of hydrogen-bond acceptors (Lipinski definition) is 10. The molecule has 0 spiro atoms. The van der Waals surface area contributed by atoms with Crippen LogP contribution in [0.2, 0.25) is 78.6 Å². The third-order valence-corrected chi connectivity index (χ3v) is 15.6. The third-order valence-electron chi connectivity index (χ3n) is 12.3. The molecule has 0 saturated carbocycles. The number of fused-ring (bicyclic) bond motifs is 5. The summed E-state index contributed by atoms with van der Waals surface area (Å²) in [5.41, 5.74) is -3.79. The van der Waals surface area contributed by atoms with Crippen LogP contribution in [0.5, 0.6) is 0 Å². The van der Waals surface area contributed by atoms with E-state index in [-0.39, 0.29) is 25.7 Å². The zero-order chi connectivity index (χ0) is 46.7. The van der Waals surface area contributed by atoms with Crippen LogP contribution in [0.4, 0.5) is 0 Å². The first kappa shape index (κ1) is 45.9. The van der Waals surface area contributed by atoms with Crippen molar-refractivity contribution < 1.29 is 27.2 Å². The Morgan fingerprint density at radius 2 is 0.625 bits per heavy atom. The van der Waals surface area contributed by atoms with Crippen LogP contribution in [-0.2, 0) is 27.2 Å². The minimum absolute atomic E-state index is 0.121. The molecule has 16 nitrogen and oxygen atoms in total. The van der Waals surface area contributed by atoms with Gasteiger partial charge in [0.25, 0.3) is 0 Å². The number of methoxy groups -OCH3 is 2. The van der Waals surface area contributed by atoms with Crippen molar-refractivity contribution in [1.29, 1.82) is 0 Å². The van der Waals surface area contributed by atoms with Gasteiger partial charge in [-0.15, -0.1) is 0 Å². The predicted octanol–water partition coefficient (Wildman–Crippen LogP) is 6.99. The zero-order valence-electron chi connectivity index (χ0n) is 39.7. The quantitative estimate of drug-likeness (QED) is 0.128. The van der Waals surface area contributed by atoms with Crippen molar-refractivity contribution in [2.45, 2.75) is 140 Å². The summed E-state index contributed by atoms with van der Waals surface area (Å²) >= 11 is 0. The molecule has 2 aliphatic carbocycles. The molecule has 0 fully saturated rings. The van der Waals surface area contributed by atoms with E-state index in [1.54, 1.807) is 62.8 Å². The minimum atomic E-state index is -2.43. The van der Waals surface area contributed by atoms with E-state index in [1.165, 1.54) is 27.9 Å². The maximum atomic E-state index is 15.0. The molecular formula is C44H64N6O10Si4. The van der Waals surface area contributed by atoms with Crippen LogP contribution in [-0.4, -0.2) is 86.6 Å². The predicted molar refractivity (Wildman–Crippen MR) is 254 cm³/mol. The van der Waals surface area contributed by atoms with E-state index >= 15 is 0 Å². The zero-order valence-corrected chi connectivity index (χ0v) is 43.7. The first-order valence-electron chi connectivity index (χ1n) is 22.1. The lowest BCUT2D eigenvalue weighted by molar-refractivity contribution is -0.206. The summed E-state index contributed by atoms with van der Waals surface area (Å²) in [4.78, 5) is 60.0. The number of aromatic nitrogens is 6. The second-order valence-electron chi connectivity index (χ2n) is 21.4. The SMILES string of the molecule is COC1(C2(OC)CC3C(O[Si](C)(C)C)=C(O[Si](C)(C)C)C(C2)n2c(=O)n(-c4ccccc4)c(=O)n23)CC2C(O[Si](C)(C)C)=C(O[Si](C)(C)C)C(C1)n1c(=O)n(-c3ccccc3)c(=O)n12. The fourth-order valence-electron chi connectivity index (χ4n) is 10.1. The Labute approximate surface area is 377 Å². The lowest BCUT2D eigenvalue weighted by Gasteiger charge is -2.49. The smallest absolute Gasteiger partial charge is 0.352 e. The second kappa shape index (κ2) is 15.5. The summed E-state index contributed by atoms with van der Waals surface area (Å²) in [5.74, 6) is 2.05. The second-order valence-corrected chi connectivity index (χ2v) is 39.2.